The predicted molar refractivity (Wildman–Crippen MR) is 135 cm³/mol. The number of halogens is 2. The normalized spacial score (nSPS) is 15.6. The van der Waals surface area contributed by atoms with Gasteiger partial charge in [0.15, 0.2) is 16.7 Å². The van der Waals surface area contributed by atoms with Crippen LogP contribution in [0.1, 0.15) is 23.6 Å². The molecule has 0 unspecified atom stereocenters. The summed E-state index contributed by atoms with van der Waals surface area (Å²) >= 11 is 7.28. The molecule has 4 rings (SSSR count). The maximum atomic E-state index is 13.1. The molecule has 1 heterocycles. The summed E-state index contributed by atoms with van der Waals surface area (Å²) < 4.78 is 24.7. The van der Waals surface area contributed by atoms with E-state index < -0.39 is 0 Å². The lowest BCUT2D eigenvalue weighted by atomic mass is 10.2. The minimum absolute atomic E-state index is 0.218. The SMILES string of the molecule is CCOc1cc(/C=C2\SC(=Nc3ccc(Cl)cc3C)NC2=O)ccc1OCc1ccc(F)cc1. The molecule has 0 radical (unpaired) electrons. The zero-order valence-electron chi connectivity index (χ0n) is 18.6. The van der Waals surface area contributed by atoms with Crippen molar-refractivity contribution >= 4 is 46.2 Å². The van der Waals surface area contributed by atoms with Gasteiger partial charge in [0.05, 0.1) is 17.2 Å². The second kappa shape index (κ2) is 10.8. The number of hydrogen-bond donors (Lipinski definition) is 1. The molecule has 1 fully saturated rings. The summed E-state index contributed by atoms with van der Waals surface area (Å²) in [4.78, 5) is 17.6. The van der Waals surface area contributed by atoms with Crippen molar-refractivity contribution in [3.63, 3.8) is 0 Å². The molecule has 1 aliphatic rings. The fraction of sp³-hybridized carbons (Fsp3) is 0.154. The molecule has 34 heavy (non-hydrogen) atoms. The molecule has 5 nitrogen and oxygen atoms in total. The number of amides is 1. The van der Waals surface area contributed by atoms with E-state index >= 15 is 0 Å². The third-order valence-electron chi connectivity index (χ3n) is 4.90. The van der Waals surface area contributed by atoms with Crippen molar-refractivity contribution in [2.24, 2.45) is 4.99 Å². The molecular formula is C26H22ClFN2O3S. The lowest BCUT2D eigenvalue weighted by Crippen LogP contribution is -2.19. The largest absolute Gasteiger partial charge is 0.490 e. The van der Waals surface area contributed by atoms with Gasteiger partial charge in [0.25, 0.3) is 5.91 Å². The number of aryl methyl sites for hydroxylation is 1. The zero-order chi connectivity index (χ0) is 24.1. The Hall–Kier alpha value is -3.29. The number of nitrogens with zero attached hydrogens (tertiary/aromatic N) is 1. The van der Waals surface area contributed by atoms with Crippen molar-refractivity contribution in [3.05, 3.63) is 93.1 Å². The van der Waals surface area contributed by atoms with Gasteiger partial charge in [-0.25, -0.2) is 9.38 Å². The van der Waals surface area contributed by atoms with Crippen molar-refractivity contribution in [2.75, 3.05) is 6.61 Å². The number of carbonyl (C=O) groups is 1. The average Bonchev–Trinajstić information content (AvgIpc) is 3.15. The number of benzene rings is 3. The number of thioether (sulfide) groups is 1. The quantitative estimate of drug-likeness (QED) is 0.372. The Morgan fingerprint density at radius 1 is 1.06 bits per heavy atom. The summed E-state index contributed by atoms with van der Waals surface area (Å²) in [5.41, 5.74) is 3.30. The highest BCUT2D eigenvalue weighted by atomic mass is 35.5. The van der Waals surface area contributed by atoms with Gasteiger partial charge >= 0.3 is 0 Å². The van der Waals surface area contributed by atoms with E-state index in [-0.39, 0.29) is 18.3 Å². The number of carbonyl (C=O) groups excluding carboxylic acids is 1. The lowest BCUT2D eigenvalue weighted by Gasteiger charge is -2.13. The Kier molecular flexibility index (Phi) is 7.55. The van der Waals surface area contributed by atoms with Crippen LogP contribution < -0.4 is 14.8 Å². The van der Waals surface area contributed by atoms with E-state index in [1.54, 1.807) is 30.3 Å². The molecule has 1 N–H and O–H groups in total. The smallest absolute Gasteiger partial charge is 0.264 e. The third-order valence-corrected chi connectivity index (χ3v) is 6.05. The van der Waals surface area contributed by atoms with Crippen LogP contribution in [0.2, 0.25) is 5.02 Å². The second-order valence-electron chi connectivity index (χ2n) is 7.47. The molecule has 8 heteroatoms. The van der Waals surface area contributed by atoms with Crippen molar-refractivity contribution in [2.45, 2.75) is 20.5 Å². The fourth-order valence-corrected chi connectivity index (χ4v) is 4.29. The van der Waals surface area contributed by atoms with E-state index in [1.165, 1.54) is 23.9 Å². The number of rotatable bonds is 7. The second-order valence-corrected chi connectivity index (χ2v) is 8.93. The van der Waals surface area contributed by atoms with Gasteiger partial charge < -0.3 is 14.8 Å². The van der Waals surface area contributed by atoms with Crippen LogP contribution in [0, 0.1) is 12.7 Å². The molecule has 0 spiro atoms. The molecule has 3 aromatic carbocycles. The summed E-state index contributed by atoms with van der Waals surface area (Å²) in [7, 11) is 0. The van der Waals surface area contributed by atoms with Gasteiger partial charge in [-0.1, -0.05) is 29.8 Å². The number of nitrogens with one attached hydrogen (secondary N) is 1. The van der Waals surface area contributed by atoms with Gasteiger partial charge in [-0.05, 0) is 90.8 Å². The average molecular weight is 497 g/mol. The third kappa shape index (κ3) is 5.98. The van der Waals surface area contributed by atoms with Gasteiger partial charge in [-0.3, -0.25) is 4.79 Å². The molecule has 1 amide bonds. The summed E-state index contributed by atoms with van der Waals surface area (Å²) in [6.45, 7) is 4.54. The Morgan fingerprint density at radius 3 is 2.59 bits per heavy atom. The monoisotopic (exact) mass is 496 g/mol. The summed E-state index contributed by atoms with van der Waals surface area (Å²) in [5.74, 6) is 0.622. The first-order valence-electron chi connectivity index (χ1n) is 10.6. The number of aliphatic imine (C=N–C) groups is 1. The van der Waals surface area contributed by atoms with Crippen LogP contribution in [0.3, 0.4) is 0 Å². The zero-order valence-corrected chi connectivity index (χ0v) is 20.2. The molecule has 1 saturated heterocycles. The highest BCUT2D eigenvalue weighted by Crippen LogP contribution is 2.33. The number of ether oxygens (including phenoxy) is 2. The van der Waals surface area contributed by atoms with Gasteiger partial charge in [0.2, 0.25) is 0 Å². The summed E-state index contributed by atoms with van der Waals surface area (Å²) in [6, 6.07) is 17.0. The van der Waals surface area contributed by atoms with Crippen LogP contribution in [0.25, 0.3) is 6.08 Å². The van der Waals surface area contributed by atoms with Crippen molar-refractivity contribution in [3.8, 4) is 11.5 Å². The first kappa shape index (κ1) is 23.9. The number of amidine groups is 1. The maximum absolute atomic E-state index is 13.1. The van der Waals surface area contributed by atoms with Gasteiger partial charge in [-0.15, -0.1) is 0 Å². The molecule has 0 aliphatic carbocycles. The van der Waals surface area contributed by atoms with Crippen LogP contribution in [0.5, 0.6) is 11.5 Å². The Morgan fingerprint density at radius 2 is 1.85 bits per heavy atom. The molecule has 1 aliphatic heterocycles. The van der Waals surface area contributed by atoms with Crippen molar-refractivity contribution in [1.82, 2.24) is 5.32 Å². The summed E-state index contributed by atoms with van der Waals surface area (Å²) in [5, 5.41) is 3.94. The van der Waals surface area contributed by atoms with Gasteiger partial charge in [0, 0.05) is 5.02 Å². The van der Waals surface area contributed by atoms with E-state index in [0.717, 1.165) is 22.4 Å². The summed E-state index contributed by atoms with van der Waals surface area (Å²) in [6.07, 6.45) is 1.78. The van der Waals surface area contributed by atoms with Crippen molar-refractivity contribution < 1.29 is 18.7 Å². The highest BCUT2D eigenvalue weighted by Gasteiger charge is 2.24. The number of hydrogen-bond acceptors (Lipinski definition) is 5. The minimum Gasteiger partial charge on any atom is -0.490 e. The first-order chi connectivity index (χ1) is 16.4. The predicted octanol–water partition coefficient (Wildman–Crippen LogP) is 6.66. The van der Waals surface area contributed by atoms with Crippen LogP contribution >= 0.6 is 23.4 Å². The highest BCUT2D eigenvalue weighted by molar-refractivity contribution is 8.18. The van der Waals surface area contributed by atoms with Crippen LogP contribution in [0.4, 0.5) is 10.1 Å². The Labute approximate surface area is 206 Å². The fourth-order valence-electron chi connectivity index (χ4n) is 3.23. The van der Waals surface area contributed by atoms with Crippen molar-refractivity contribution in [1.29, 1.82) is 0 Å². The molecule has 3 aromatic rings. The van der Waals surface area contributed by atoms with Crippen LogP contribution in [-0.2, 0) is 11.4 Å². The Balaban J connectivity index is 1.51. The van der Waals surface area contributed by atoms with Gasteiger partial charge in [-0.2, -0.15) is 0 Å². The van der Waals surface area contributed by atoms with E-state index in [1.807, 2.05) is 38.1 Å². The Bertz CT molecular complexity index is 1280. The van der Waals surface area contributed by atoms with E-state index in [2.05, 4.69) is 10.3 Å². The van der Waals surface area contributed by atoms with E-state index in [4.69, 9.17) is 21.1 Å². The molecule has 0 saturated carbocycles. The molecular weight excluding hydrogens is 475 g/mol. The van der Waals surface area contributed by atoms with E-state index in [9.17, 15) is 9.18 Å². The lowest BCUT2D eigenvalue weighted by molar-refractivity contribution is -0.115. The van der Waals surface area contributed by atoms with E-state index in [0.29, 0.717) is 33.2 Å². The molecule has 174 valence electrons. The minimum atomic E-state index is -0.290. The topological polar surface area (TPSA) is 59.9 Å². The maximum Gasteiger partial charge on any atom is 0.264 e. The van der Waals surface area contributed by atoms with Gasteiger partial charge in [0.1, 0.15) is 12.4 Å². The molecule has 0 bridgehead atoms. The standard InChI is InChI=1S/C26H22ClFN2O3S/c1-3-32-23-13-18(6-11-22(23)33-15-17-4-8-20(28)9-5-17)14-24-25(31)30-26(34-24)29-21-10-7-19(27)12-16(21)2/h4-14H,3,15H2,1-2H3,(H,29,30,31)/b24-14-. The van der Waals surface area contributed by atoms with Crippen LogP contribution in [0.15, 0.2) is 70.6 Å². The van der Waals surface area contributed by atoms with Crippen LogP contribution in [-0.4, -0.2) is 17.7 Å². The molecule has 0 atom stereocenters. The first-order valence-corrected chi connectivity index (χ1v) is 11.8. The molecule has 0 aromatic heterocycles.